The van der Waals surface area contributed by atoms with E-state index in [1.54, 1.807) is 45.7 Å². The molecule has 3 aromatic rings. The van der Waals surface area contributed by atoms with E-state index in [-0.39, 0.29) is 0 Å². The Morgan fingerprint density at radius 1 is 0.903 bits per heavy atom. The van der Waals surface area contributed by atoms with Gasteiger partial charge in [0.15, 0.2) is 17.5 Å². The average Bonchev–Trinajstić information content (AvgIpc) is 2.81. The first-order chi connectivity index (χ1) is 15.1. The Hall–Kier alpha value is -3.45. The van der Waals surface area contributed by atoms with Crippen LogP contribution in [0.4, 0.5) is 0 Å². The highest BCUT2D eigenvalue weighted by Crippen LogP contribution is 2.39. The molecule has 7 nitrogen and oxygen atoms in total. The predicted molar refractivity (Wildman–Crippen MR) is 122 cm³/mol. The minimum atomic E-state index is 0.441. The van der Waals surface area contributed by atoms with E-state index in [2.05, 4.69) is 20.6 Å². The minimum Gasteiger partial charge on any atom is -0.493 e. The summed E-state index contributed by atoms with van der Waals surface area (Å²) in [5.41, 5.74) is 2.09. The maximum Gasteiger partial charge on any atom is 0.219 e. The number of guanidine groups is 1. The van der Waals surface area contributed by atoms with Crippen molar-refractivity contribution in [1.29, 1.82) is 0 Å². The largest absolute Gasteiger partial charge is 0.493 e. The lowest BCUT2D eigenvalue weighted by Gasteiger charge is -2.14. The van der Waals surface area contributed by atoms with E-state index in [4.69, 9.17) is 25.8 Å². The van der Waals surface area contributed by atoms with E-state index in [0.717, 1.165) is 16.1 Å². The van der Waals surface area contributed by atoms with Crippen LogP contribution in [0, 0.1) is 0 Å². The lowest BCUT2D eigenvalue weighted by atomic mass is 10.2. The van der Waals surface area contributed by atoms with Crippen LogP contribution in [0.25, 0.3) is 0 Å². The highest BCUT2D eigenvalue weighted by molar-refractivity contribution is 6.30. The topological polar surface area (TPSA) is 77.0 Å². The molecule has 162 valence electrons. The highest BCUT2D eigenvalue weighted by Gasteiger charge is 2.13. The van der Waals surface area contributed by atoms with Crippen LogP contribution in [-0.4, -0.2) is 32.2 Å². The zero-order valence-corrected chi connectivity index (χ0v) is 18.4. The Bertz CT molecular complexity index is 986. The standard InChI is InChI=1S/C23H25ClN4O3/c1-25-23(27-13-16-7-10-18(24)11-8-16)28-15-17-9-12-21(26-14-17)31-22-19(29-2)5-4-6-20(22)30-3/h4-12,14H,13,15H2,1-3H3,(H2,25,27,28). The van der Waals surface area contributed by atoms with Gasteiger partial charge in [-0.15, -0.1) is 0 Å². The van der Waals surface area contributed by atoms with Gasteiger partial charge in [0.1, 0.15) is 0 Å². The van der Waals surface area contributed by atoms with Crippen molar-refractivity contribution in [3.8, 4) is 23.1 Å². The fourth-order valence-corrected chi connectivity index (χ4v) is 2.92. The second-order valence-electron chi connectivity index (χ2n) is 6.50. The molecule has 0 aliphatic rings. The quantitative estimate of drug-likeness (QED) is 0.399. The summed E-state index contributed by atoms with van der Waals surface area (Å²) in [6, 6.07) is 16.9. The van der Waals surface area contributed by atoms with E-state index in [9.17, 15) is 0 Å². The van der Waals surface area contributed by atoms with Crippen LogP contribution < -0.4 is 24.8 Å². The molecule has 0 bridgehead atoms. The molecule has 0 aliphatic carbocycles. The number of hydrogen-bond acceptors (Lipinski definition) is 5. The second-order valence-corrected chi connectivity index (χ2v) is 6.94. The molecule has 0 spiro atoms. The highest BCUT2D eigenvalue weighted by atomic mass is 35.5. The number of aliphatic imine (C=N–C) groups is 1. The zero-order valence-electron chi connectivity index (χ0n) is 17.7. The van der Waals surface area contributed by atoms with E-state index in [1.807, 2.05) is 36.4 Å². The van der Waals surface area contributed by atoms with Crippen molar-refractivity contribution in [2.45, 2.75) is 13.1 Å². The average molecular weight is 441 g/mol. The van der Waals surface area contributed by atoms with Gasteiger partial charge < -0.3 is 24.8 Å². The Morgan fingerprint density at radius 3 is 2.06 bits per heavy atom. The second kappa shape index (κ2) is 11.1. The monoisotopic (exact) mass is 440 g/mol. The molecule has 0 saturated heterocycles. The Balaban J connectivity index is 1.56. The van der Waals surface area contributed by atoms with Crippen LogP contribution in [-0.2, 0) is 13.1 Å². The molecule has 2 N–H and O–H groups in total. The zero-order chi connectivity index (χ0) is 22.1. The van der Waals surface area contributed by atoms with E-state index in [0.29, 0.717) is 42.2 Å². The van der Waals surface area contributed by atoms with Gasteiger partial charge in [0.05, 0.1) is 14.2 Å². The van der Waals surface area contributed by atoms with Crippen molar-refractivity contribution in [1.82, 2.24) is 15.6 Å². The number of nitrogens with zero attached hydrogens (tertiary/aromatic N) is 2. The summed E-state index contributed by atoms with van der Waals surface area (Å²) in [6.45, 7) is 1.20. The van der Waals surface area contributed by atoms with Crippen molar-refractivity contribution in [3.05, 3.63) is 76.9 Å². The van der Waals surface area contributed by atoms with E-state index >= 15 is 0 Å². The molecule has 1 aromatic heterocycles. The normalized spacial score (nSPS) is 11.0. The maximum absolute atomic E-state index is 5.92. The first-order valence-corrected chi connectivity index (χ1v) is 10.0. The molecule has 0 radical (unpaired) electrons. The molecule has 1 heterocycles. The molecule has 0 atom stereocenters. The number of para-hydroxylation sites is 1. The number of aromatic nitrogens is 1. The number of halogens is 1. The summed E-state index contributed by atoms with van der Waals surface area (Å²) in [5.74, 6) is 2.76. The van der Waals surface area contributed by atoms with Crippen LogP contribution >= 0.6 is 11.6 Å². The SMILES string of the molecule is CN=C(NCc1ccc(Cl)cc1)NCc1ccc(Oc2c(OC)cccc2OC)nc1. The first-order valence-electron chi connectivity index (χ1n) is 9.65. The number of benzene rings is 2. The van der Waals surface area contributed by atoms with Crippen LogP contribution in [0.15, 0.2) is 65.8 Å². The van der Waals surface area contributed by atoms with Crippen LogP contribution in [0.3, 0.4) is 0 Å². The summed E-state index contributed by atoms with van der Waals surface area (Å²) >= 11 is 5.92. The van der Waals surface area contributed by atoms with Gasteiger partial charge in [-0.05, 0) is 35.4 Å². The van der Waals surface area contributed by atoms with Crippen LogP contribution in [0.1, 0.15) is 11.1 Å². The van der Waals surface area contributed by atoms with Gasteiger partial charge in [-0.2, -0.15) is 0 Å². The molecular formula is C23H25ClN4O3. The third-order valence-corrected chi connectivity index (χ3v) is 4.70. The fourth-order valence-electron chi connectivity index (χ4n) is 2.79. The molecular weight excluding hydrogens is 416 g/mol. The molecule has 0 amide bonds. The van der Waals surface area contributed by atoms with E-state index in [1.165, 1.54) is 0 Å². The fraction of sp³-hybridized carbons (Fsp3) is 0.217. The molecule has 2 aromatic carbocycles. The number of rotatable bonds is 8. The molecule has 0 saturated carbocycles. The number of nitrogens with one attached hydrogen (secondary N) is 2. The number of hydrogen-bond donors (Lipinski definition) is 2. The third kappa shape index (κ3) is 6.26. The Morgan fingerprint density at radius 2 is 1.52 bits per heavy atom. The number of methoxy groups -OCH3 is 2. The number of ether oxygens (including phenoxy) is 3. The first kappa shape index (κ1) is 22.2. The van der Waals surface area contributed by atoms with Crippen molar-refractivity contribution in [2.24, 2.45) is 4.99 Å². The predicted octanol–water partition coefficient (Wildman–Crippen LogP) is 4.41. The van der Waals surface area contributed by atoms with Crippen LogP contribution in [0.2, 0.25) is 5.02 Å². The summed E-state index contributed by atoms with van der Waals surface area (Å²) < 4.78 is 16.6. The van der Waals surface area contributed by atoms with Gasteiger partial charge >= 0.3 is 0 Å². The lowest BCUT2D eigenvalue weighted by molar-refractivity contribution is 0.342. The summed E-state index contributed by atoms with van der Waals surface area (Å²) in [7, 11) is 4.89. The molecule has 31 heavy (non-hydrogen) atoms. The van der Waals surface area contributed by atoms with Gasteiger partial charge in [0.25, 0.3) is 0 Å². The molecule has 0 fully saturated rings. The summed E-state index contributed by atoms with van der Waals surface area (Å²) in [6.07, 6.45) is 1.75. The molecule has 0 aliphatic heterocycles. The molecule has 3 rings (SSSR count). The van der Waals surface area contributed by atoms with Gasteiger partial charge in [-0.25, -0.2) is 4.98 Å². The Kier molecular flexibility index (Phi) is 7.95. The summed E-state index contributed by atoms with van der Waals surface area (Å²) in [4.78, 5) is 8.63. The minimum absolute atomic E-state index is 0.441. The van der Waals surface area contributed by atoms with Crippen molar-refractivity contribution in [3.63, 3.8) is 0 Å². The van der Waals surface area contributed by atoms with Crippen molar-refractivity contribution < 1.29 is 14.2 Å². The smallest absolute Gasteiger partial charge is 0.219 e. The lowest BCUT2D eigenvalue weighted by Crippen LogP contribution is -2.36. The van der Waals surface area contributed by atoms with Gasteiger partial charge in [0, 0.05) is 37.4 Å². The Labute approximate surface area is 187 Å². The van der Waals surface area contributed by atoms with Gasteiger partial charge in [-0.1, -0.05) is 35.9 Å². The third-order valence-electron chi connectivity index (χ3n) is 4.44. The molecule has 8 heteroatoms. The van der Waals surface area contributed by atoms with E-state index < -0.39 is 0 Å². The van der Waals surface area contributed by atoms with Gasteiger partial charge in [0.2, 0.25) is 11.6 Å². The van der Waals surface area contributed by atoms with Crippen molar-refractivity contribution >= 4 is 17.6 Å². The van der Waals surface area contributed by atoms with Crippen LogP contribution in [0.5, 0.6) is 23.1 Å². The van der Waals surface area contributed by atoms with Crippen molar-refractivity contribution in [2.75, 3.05) is 21.3 Å². The molecule has 0 unspecified atom stereocenters. The van der Waals surface area contributed by atoms with Gasteiger partial charge in [-0.3, -0.25) is 4.99 Å². The maximum atomic E-state index is 5.92. The summed E-state index contributed by atoms with van der Waals surface area (Å²) in [5, 5.41) is 7.25. The number of pyridine rings is 1.